The molecule has 28 heavy (non-hydrogen) atoms. The Balaban J connectivity index is 2.39. The minimum atomic E-state index is -3.94. The Morgan fingerprint density at radius 3 is 2.39 bits per heavy atom. The largest absolute Gasteiger partial charge is 0.450 e. The molecule has 0 saturated heterocycles. The van der Waals surface area contributed by atoms with Gasteiger partial charge in [0.05, 0.1) is 9.82 Å². The summed E-state index contributed by atoms with van der Waals surface area (Å²) >= 11 is 0. The summed E-state index contributed by atoms with van der Waals surface area (Å²) in [6.07, 6.45) is 0. The van der Waals surface area contributed by atoms with Gasteiger partial charge in [-0.15, -0.1) is 0 Å². The van der Waals surface area contributed by atoms with Crippen LogP contribution >= 0.6 is 0 Å². The number of hydrogen-bond acceptors (Lipinski definition) is 6. The van der Waals surface area contributed by atoms with Crippen LogP contribution in [0.25, 0.3) is 0 Å². The number of carbonyl (C=O) groups is 1. The Bertz CT molecular complexity index is 1010. The van der Waals surface area contributed by atoms with E-state index in [4.69, 9.17) is 4.74 Å². The molecular formula is C18H21N3O6S. The van der Waals surface area contributed by atoms with Crippen molar-refractivity contribution in [2.45, 2.75) is 38.1 Å². The molecule has 0 saturated carbocycles. The van der Waals surface area contributed by atoms with Crippen molar-refractivity contribution in [1.29, 1.82) is 0 Å². The van der Waals surface area contributed by atoms with Gasteiger partial charge in [0.25, 0.3) is 0 Å². The van der Waals surface area contributed by atoms with Crippen LogP contribution in [0.1, 0.15) is 27.7 Å². The smallest absolute Gasteiger partial charge is 0.312 e. The van der Waals surface area contributed by atoms with Gasteiger partial charge in [0.15, 0.2) is 0 Å². The maximum absolute atomic E-state index is 12.4. The van der Waals surface area contributed by atoms with E-state index in [0.29, 0.717) is 5.69 Å². The lowest BCUT2D eigenvalue weighted by atomic mass is 10.1. The first-order valence-corrected chi connectivity index (χ1v) is 9.74. The van der Waals surface area contributed by atoms with Crippen molar-refractivity contribution in [2.24, 2.45) is 0 Å². The van der Waals surface area contributed by atoms with Gasteiger partial charge in [-0.25, -0.2) is 13.1 Å². The van der Waals surface area contributed by atoms with E-state index in [2.05, 4.69) is 10.0 Å². The summed E-state index contributed by atoms with van der Waals surface area (Å²) in [5.41, 5.74) is -0.782. The fourth-order valence-corrected chi connectivity index (χ4v) is 3.76. The number of nitro benzene ring substituents is 1. The van der Waals surface area contributed by atoms with Gasteiger partial charge in [0, 0.05) is 30.3 Å². The maximum Gasteiger partial charge on any atom is 0.312 e. The summed E-state index contributed by atoms with van der Waals surface area (Å²) < 4.78 is 32.8. The highest BCUT2D eigenvalue weighted by atomic mass is 32.2. The van der Waals surface area contributed by atoms with Crippen LogP contribution in [-0.4, -0.2) is 24.8 Å². The monoisotopic (exact) mass is 407 g/mol. The van der Waals surface area contributed by atoms with E-state index in [9.17, 15) is 23.3 Å². The Hall–Kier alpha value is -2.98. The van der Waals surface area contributed by atoms with E-state index < -0.39 is 26.2 Å². The van der Waals surface area contributed by atoms with E-state index in [1.54, 1.807) is 39.0 Å². The molecule has 2 rings (SSSR count). The quantitative estimate of drug-likeness (QED) is 0.558. The van der Waals surface area contributed by atoms with E-state index in [1.807, 2.05) is 0 Å². The highest BCUT2D eigenvalue weighted by Crippen LogP contribution is 2.34. The van der Waals surface area contributed by atoms with Gasteiger partial charge < -0.3 is 10.1 Å². The zero-order chi connectivity index (χ0) is 21.1. The zero-order valence-corrected chi connectivity index (χ0v) is 16.7. The molecule has 0 aliphatic heterocycles. The van der Waals surface area contributed by atoms with Crippen molar-refractivity contribution in [3.8, 4) is 11.5 Å². The molecule has 1 amide bonds. The summed E-state index contributed by atoms with van der Waals surface area (Å²) in [6, 6.07) is 9.70. The van der Waals surface area contributed by atoms with Crippen LogP contribution in [0.2, 0.25) is 0 Å². The number of nitro groups is 1. The fourth-order valence-electron chi connectivity index (χ4n) is 2.32. The number of anilines is 1. The third kappa shape index (κ3) is 5.76. The Morgan fingerprint density at radius 2 is 1.82 bits per heavy atom. The summed E-state index contributed by atoms with van der Waals surface area (Å²) in [6.45, 7) is 6.35. The average molecular weight is 407 g/mol. The molecule has 0 heterocycles. The zero-order valence-electron chi connectivity index (χ0n) is 15.8. The van der Waals surface area contributed by atoms with Crippen molar-refractivity contribution in [3.63, 3.8) is 0 Å². The molecule has 0 bridgehead atoms. The van der Waals surface area contributed by atoms with Crippen LogP contribution in [0.15, 0.2) is 47.4 Å². The van der Waals surface area contributed by atoms with E-state index >= 15 is 0 Å². The van der Waals surface area contributed by atoms with Crippen molar-refractivity contribution < 1.29 is 22.9 Å². The molecule has 0 atom stereocenters. The number of ether oxygens (including phenoxy) is 1. The third-order valence-corrected chi connectivity index (χ3v) is 5.02. The molecule has 0 radical (unpaired) electrons. The van der Waals surface area contributed by atoms with Gasteiger partial charge >= 0.3 is 5.69 Å². The van der Waals surface area contributed by atoms with Crippen LogP contribution in [0.4, 0.5) is 11.4 Å². The predicted molar refractivity (Wildman–Crippen MR) is 104 cm³/mol. The molecule has 0 unspecified atom stereocenters. The lowest BCUT2D eigenvalue weighted by Gasteiger charge is -2.20. The van der Waals surface area contributed by atoms with Gasteiger partial charge in [0.1, 0.15) is 5.75 Å². The van der Waals surface area contributed by atoms with Crippen LogP contribution in [-0.2, 0) is 14.8 Å². The minimum absolute atomic E-state index is 0.125. The van der Waals surface area contributed by atoms with Crippen molar-refractivity contribution >= 4 is 27.3 Å². The number of amides is 1. The number of carbonyl (C=O) groups excluding carboxylic acids is 1. The molecule has 10 heteroatoms. The molecule has 150 valence electrons. The third-order valence-electron chi connectivity index (χ3n) is 3.26. The second-order valence-electron chi connectivity index (χ2n) is 7.05. The predicted octanol–water partition coefficient (Wildman–Crippen LogP) is 3.42. The second kappa shape index (κ2) is 7.95. The van der Waals surface area contributed by atoms with Gasteiger partial charge in [-0.3, -0.25) is 14.9 Å². The number of benzene rings is 2. The summed E-state index contributed by atoms with van der Waals surface area (Å²) in [7, 11) is -3.94. The first-order chi connectivity index (χ1) is 12.9. The van der Waals surface area contributed by atoms with Crippen LogP contribution in [0.3, 0.4) is 0 Å². The van der Waals surface area contributed by atoms with Gasteiger partial charge in [-0.05, 0) is 45.0 Å². The highest BCUT2D eigenvalue weighted by molar-refractivity contribution is 7.89. The summed E-state index contributed by atoms with van der Waals surface area (Å²) in [5, 5.41) is 14.0. The first-order valence-electron chi connectivity index (χ1n) is 8.25. The molecular weight excluding hydrogens is 386 g/mol. The molecule has 9 nitrogen and oxygen atoms in total. The van der Waals surface area contributed by atoms with E-state index in [0.717, 1.165) is 6.07 Å². The van der Waals surface area contributed by atoms with E-state index in [-0.39, 0.29) is 22.3 Å². The molecule has 2 N–H and O–H groups in total. The molecule has 2 aromatic carbocycles. The van der Waals surface area contributed by atoms with Gasteiger partial charge in [0.2, 0.25) is 21.7 Å². The Labute approximate surface area is 162 Å². The molecule has 0 fully saturated rings. The lowest BCUT2D eigenvalue weighted by Crippen LogP contribution is -2.40. The van der Waals surface area contributed by atoms with E-state index in [1.165, 1.54) is 25.1 Å². The number of nitrogens with zero attached hydrogens (tertiary/aromatic N) is 1. The summed E-state index contributed by atoms with van der Waals surface area (Å²) in [4.78, 5) is 21.6. The second-order valence-corrected chi connectivity index (χ2v) is 8.74. The SMILES string of the molecule is CC(=O)Nc1cccc(Oc2ccc(S(=O)(=O)NC(C)(C)C)cc2[N+](=O)[O-])c1. The number of hydrogen-bond donors (Lipinski definition) is 2. The van der Waals surface area contributed by atoms with Crippen LogP contribution < -0.4 is 14.8 Å². The normalized spacial score (nSPS) is 11.7. The average Bonchev–Trinajstić information content (AvgIpc) is 2.52. The Morgan fingerprint density at radius 1 is 1.14 bits per heavy atom. The molecule has 0 aliphatic carbocycles. The molecule has 0 spiro atoms. The topological polar surface area (TPSA) is 128 Å². The summed E-state index contributed by atoms with van der Waals surface area (Å²) in [5.74, 6) is -0.151. The number of rotatable bonds is 6. The highest BCUT2D eigenvalue weighted by Gasteiger charge is 2.26. The Kier molecular flexibility index (Phi) is 6.05. The van der Waals surface area contributed by atoms with Crippen molar-refractivity contribution in [1.82, 2.24) is 4.72 Å². The fraction of sp³-hybridized carbons (Fsp3) is 0.278. The standard InChI is InChI=1S/C18H21N3O6S/c1-12(22)19-13-6-5-7-14(10-13)27-17-9-8-15(11-16(17)21(23)24)28(25,26)20-18(2,3)4/h5-11,20H,1-4H3,(H,19,22). The van der Waals surface area contributed by atoms with Crippen molar-refractivity contribution in [3.05, 3.63) is 52.6 Å². The number of sulfonamides is 1. The van der Waals surface area contributed by atoms with Crippen LogP contribution in [0.5, 0.6) is 11.5 Å². The first kappa shape index (κ1) is 21.3. The molecule has 0 aromatic heterocycles. The molecule has 2 aromatic rings. The maximum atomic E-state index is 12.4. The lowest BCUT2D eigenvalue weighted by molar-refractivity contribution is -0.385. The minimum Gasteiger partial charge on any atom is -0.450 e. The van der Waals surface area contributed by atoms with Crippen LogP contribution in [0, 0.1) is 10.1 Å². The molecule has 0 aliphatic rings. The van der Waals surface area contributed by atoms with Crippen molar-refractivity contribution in [2.75, 3.05) is 5.32 Å². The number of nitrogens with one attached hydrogen (secondary N) is 2. The van der Waals surface area contributed by atoms with Gasteiger partial charge in [-0.2, -0.15) is 0 Å². The van der Waals surface area contributed by atoms with Gasteiger partial charge in [-0.1, -0.05) is 6.07 Å².